The third kappa shape index (κ3) is 3.11. The Kier molecular flexibility index (Phi) is 4.15. The first-order valence-electron chi connectivity index (χ1n) is 7.88. The van der Waals surface area contributed by atoms with E-state index in [0.717, 1.165) is 29.8 Å². The number of nitrogens with one attached hydrogen (secondary N) is 1. The first kappa shape index (κ1) is 15.3. The molecule has 0 radical (unpaired) electrons. The molecule has 0 aromatic heterocycles. The molecular formula is C19H20N2O2. The first-order valence-corrected chi connectivity index (χ1v) is 7.88. The third-order valence-corrected chi connectivity index (χ3v) is 4.17. The van der Waals surface area contributed by atoms with Crippen LogP contribution in [0, 0.1) is 0 Å². The second-order valence-electron chi connectivity index (χ2n) is 5.87. The Morgan fingerprint density at radius 2 is 1.91 bits per heavy atom. The zero-order valence-electron chi connectivity index (χ0n) is 13.4. The number of nitrogens with zero attached hydrogens (tertiary/aromatic N) is 1. The minimum absolute atomic E-state index is 0.0787. The molecule has 2 aromatic carbocycles. The van der Waals surface area contributed by atoms with E-state index in [1.165, 1.54) is 5.56 Å². The van der Waals surface area contributed by atoms with Crippen molar-refractivity contribution in [3.05, 3.63) is 59.2 Å². The van der Waals surface area contributed by atoms with Crippen molar-refractivity contribution in [2.75, 3.05) is 17.3 Å². The molecule has 4 nitrogen and oxygen atoms in total. The number of benzene rings is 2. The van der Waals surface area contributed by atoms with E-state index in [9.17, 15) is 9.59 Å². The molecule has 0 atom stereocenters. The van der Waals surface area contributed by atoms with Crippen LogP contribution in [0.25, 0.3) is 0 Å². The average molecular weight is 308 g/mol. The fourth-order valence-corrected chi connectivity index (χ4v) is 2.86. The van der Waals surface area contributed by atoms with Crippen molar-refractivity contribution in [1.82, 2.24) is 0 Å². The van der Waals surface area contributed by atoms with Gasteiger partial charge in [0.1, 0.15) is 0 Å². The second-order valence-corrected chi connectivity index (χ2v) is 5.87. The molecule has 3 rings (SSSR count). The zero-order chi connectivity index (χ0) is 16.4. The standard InChI is InChI=1S/C19H20N2O2/c1-3-4-13-5-7-14(8-6-13)19(23)20-16-9-10-17-15(11-16)12-18(22)21(17)2/h5-11H,3-4,12H2,1-2H3,(H,20,23). The largest absolute Gasteiger partial charge is 0.322 e. The molecule has 0 unspecified atom stereocenters. The maximum absolute atomic E-state index is 12.3. The monoisotopic (exact) mass is 308 g/mol. The van der Waals surface area contributed by atoms with Gasteiger partial charge in [-0.15, -0.1) is 0 Å². The van der Waals surface area contributed by atoms with Gasteiger partial charge in [-0.2, -0.15) is 0 Å². The Labute approximate surface area is 136 Å². The summed E-state index contributed by atoms with van der Waals surface area (Å²) < 4.78 is 0. The van der Waals surface area contributed by atoms with E-state index < -0.39 is 0 Å². The Bertz CT molecular complexity index is 750. The normalized spacial score (nSPS) is 13.1. The summed E-state index contributed by atoms with van der Waals surface area (Å²) in [6.45, 7) is 2.14. The topological polar surface area (TPSA) is 49.4 Å². The van der Waals surface area contributed by atoms with Gasteiger partial charge < -0.3 is 10.2 Å². The fourth-order valence-electron chi connectivity index (χ4n) is 2.86. The lowest BCUT2D eigenvalue weighted by molar-refractivity contribution is -0.117. The second kappa shape index (κ2) is 6.24. The number of rotatable bonds is 4. The predicted molar refractivity (Wildman–Crippen MR) is 91.9 cm³/mol. The number of likely N-dealkylation sites (N-methyl/N-ethyl adjacent to an activating group) is 1. The van der Waals surface area contributed by atoms with E-state index in [0.29, 0.717) is 12.0 Å². The van der Waals surface area contributed by atoms with E-state index in [-0.39, 0.29) is 11.8 Å². The molecule has 0 aliphatic carbocycles. The van der Waals surface area contributed by atoms with Gasteiger partial charge in [0.2, 0.25) is 5.91 Å². The van der Waals surface area contributed by atoms with E-state index in [4.69, 9.17) is 0 Å². The van der Waals surface area contributed by atoms with Crippen LogP contribution in [0.15, 0.2) is 42.5 Å². The van der Waals surface area contributed by atoms with Gasteiger partial charge in [0.05, 0.1) is 6.42 Å². The van der Waals surface area contributed by atoms with Gasteiger partial charge in [-0.05, 0) is 47.9 Å². The average Bonchev–Trinajstić information content (AvgIpc) is 2.82. The minimum Gasteiger partial charge on any atom is -0.322 e. The molecule has 1 heterocycles. The lowest BCUT2D eigenvalue weighted by Gasteiger charge is -2.11. The van der Waals surface area contributed by atoms with Crippen molar-refractivity contribution in [3.8, 4) is 0 Å². The number of hydrogen-bond donors (Lipinski definition) is 1. The summed E-state index contributed by atoms with van der Waals surface area (Å²) in [5, 5.41) is 2.90. The summed E-state index contributed by atoms with van der Waals surface area (Å²) in [5.41, 5.74) is 4.46. The quantitative estimate of drug-likeness (QED) is 0.941. The van der Waals surface area contributed by atoms with Gasteiger partial charge in [0.25, 0.3) is 5.91 Å². The molecule has 1 N–H and O–H groups in total. The highest BCUT2D eigenvalue weighted by Crippen LogP contribution is 2.30. The Hall–Kier alpha value is -2.62. The number of carbonyl (C=O) groups is 2. The van der Waals surface area contributed by atoms with Crippen LogP contribution in [0.4, 0.5) is 11.4 Å². The molecule has 0 saturated carbocycles. The smallest absolute Gasteiger partial charge is 0.255 e. The van der Waals surface area contributed by atoms with Crippen molar-refractivity contribution in [3.63, 3.8) is 0 Å². The van der Waals surface area contributed by atoms with E-state index in [1.54, 1.807) is 11.9 Å². The predicted octanol–water partition coefficient (Wildman–Crippen LogP) is 3.41. The Morgan fingerprint density at radius 1 is 1.17 bits per heavy atom. The number of fused-ring (bicyclic) bond motifs is 1. The van der Waals surface area contributed by atoms with Crippen LogP contribution in [-0.4, -0.2) is 18.9 Å². The molecule has 4 heteroatoms. The number of aryl methyl sites for hydroxylation is 1. The molecule has 1 aliphatic rings. The molecule has 0 fully saturated rings. The summed E-state index contributed by atoms with van der Waals surface area (Å²) in [6, 6.07) is 13.3. The fraction of sp³-hybridized carbons (Fsp3) is 0.263. The molecule has 0 spiro atoms. The van der Waals surface area contributed by atoms with E-state index in [1.807, 2.05) is 42.5 Å². The van der Waals surface area contributed by atoms with Crippen LogP contribution < -0.4 is 10.2 Å². The maximum Gasteiger partial charge on any atom is 0.255 e. The minimum atomic E-state index is -0.134. The Morgan fingerprint density at radius 3 is 2.61 bits per heavy atom. The highest BCUT2D eigenvalue weighted by molar-refractivity contribution is 6.05. The SMILES string of the molecule is CCCc1ccc(C(=O)Nc2ccc3c(c2)CC(=O)N3C)cc1. The molecule has 2 aromatic rings. The number of hydrogen-bond acceptors (Lipinski definition) is 2. The van der Waals surface area contributed by atoms with E-state index in [2.05, 4.69) is 12.2 Å². The van der Waals surface area contributed by atoms with Gasteiger partial charge in [0, 0.05) is 24.0 Å². The zero-order valence-corrected chi connectivity index (χ0v) is 13.4. The van der Waals surface area contributed by atoms with E-state index >= 15 is 0 Å². The highest BCUT2D eigenvalue weighted by atomic mass is 16.2. The van der Waals surface area contributed by atoms with Gasteiger partial charge in [0.15, 0.2) is 0 Å². The summed E-state index contributed by atoms with van der Waals surface area (Å²) in [7, 11) is 1.77. The summed E-state index contributed by atoms with van der Waals surface area (Å²) in [6.07, 6.45) is 2.50. The summed E-state index contributed by atoms with van der Waals surface area (Å²) in [5.74, 6) is -0.0549. The third-order valence-electron chi connectivity index (χ3n) is 4.17. The summed E-state index contributed by atoms with van der Waals surface area (Å²) in [4.78, 5) is 25.7. The van der Waals surface area contributed by atoms with Crippen LogP contribution in [-0.2, 0) is 17.6 Å². The lowest BCUT2D eigenvalue weighted by Crippen LogP contribution is -2.20. The summed E-state index contributed by atoms with van der Waals surface area (Å²) >= 11 is 0. The molecule has 0 bridgehead atoms. The van der Waals surface area contributed by atoms with Crippen molar-refractivity contribution in [1.29, 1.82) is 0 Å². The van der Waals surface area contributed by atoms with Crippen molar-refractivity contribution in [2.45, 2.75) is 26.2 Å². The van der Waals surface area contributed by atoms with Crippen LogP contribution in [0.1, 0.15) is 34.8 Å². The van der Waals surface area contributed by atoms with Crippen LogP contribution in [0.2, 0.25) is 0 Å². The van der Waals surface area contributed by atoms with Crippen molar-refractivity contribution in [2.24, 2.45) is 0 Å². The molecule has 1 aliphatic heterocycles. The molecule has 0 saturated heterocycles. The molecular weight excluding hydrogens is 288 g/mol. The van der Waals surface area contributed by atoms with Crippen LogP contribution in [0.3, 0.4) is 0 Å². The molecule has 2 amide bonds. The number of amides is 2. The van der Waals surface area contributed by atoms with Crippen LogP contribution in [0.5, 0.6) is 0 Å². The Balaban J connectivity index is 1.73. The lowest BCUT2D eigenvalue weighted by atomic mass is 10.1. The van der Waals surface area contributed by atoms with Crippen LogP contribution >= 0.6 is 0 Å². The van der Waals surface area contributed by atoms with Gasteiger partial charge >= 0.3 is 0 Å². The highest BCUT2D eigenvalue weighted by Gasteiger charge is 2.24. The molecule has 118 valence electrons. The maximum atomic E-state index is 12.3. The first-order chi connectivity index (χ1) is 11.1. The van der Waals surface area contributed by atoms with Crippen molar-refractivity contribution >= 4 is 23.2 Å². The molecule has 23 heavy (non-hydrogen) atoms. The number of anilines is 2. The van der Waals surface area contributed by atoms with Gasteiger partial charge in [-0.1, -0.05) is 25.5 Å². The van der Waals surface area contributed by atoms with Crippen molar-refractivity contribution < 1.29 is 9.59 Å². The number of carbonyl (C=O) groups excluding carboxylic acids is 2. The van der Waals surface area contributed by atoms with Gasteiger partial charge in [-0.3, -0.25) is 9.59 Å². The van der Waals surface area contributed by atoms with Gasteiger partial charge in [-0.25, -0.2) is 0 Å².